The molecule has 2 rings (SSSR count). The molecule has 1 atom stereocenters. The van der Waals surface area contributed by atoms with Crippen molar-refractivity contribution in [3.05, 3.63) is 0 Å². The molecule has 0 radical (unpaired) electrons. The zero-order valence-electron chi connectivity index (χ0n) is 9.38. The van der Waals surface area contributed by atoms with E-state index < -0.39 is 0 Å². The van der Waals surface area contributed by atoms with Crippen molar-refractivity contribution >= 4 is 11.8 Å². The molecule has 14 heavy (non-hydrogen) atoms. The second-order valence-corrected chi connectivity index (χ2v) is 6.34. The van der Waals surface area contributed by atoms with E-state index in [2.05, 4.69) is 35.8 Å². The maximum atomic E-state index is 3.51. The molecule has 82 valence electrons. The highest BCUT2D eigenvalue weighted by Gasteiger charge is 2.36. The van der Waals surface area contributed by atoms with Gasteiger partial charge < -0.3 is 5.32 Å². The maximum absolute atomic E-state index is 3.51. The number of hydrogen-bond acceptors (Lipinski definition) is 3. The minimum atomic E-state index is 0.459. The lowest BCUT2D eigenvalue weighted by molar-refractivity contribution is 0.0673. The van der Waals surface area contributed by atoms with Crippen LogP contribution in [0.2, 0.25) is 0 Å². The third-order valence-corrected chi connectivity index (χ3v) is 4.51. The molecule has 2 aliphatic heterocycles. The lowest BCUT2D eigenvalue weighted by atomic mass is 9.79. The molecule has 0 aliphatic carbocycles. The van der Waals surface area contributed by atoms with E-state index in [-0.39, 0.29) is 0 Å². The zero-order chi connectivity index (χ0) is 10.0. The van der Waals surface area contributed by atoms with Crippen LogP contribution in [0.25, 0.3) is 0 Å². The minimum absolute atomic E-state index is 0.459. The van der Waals surface area contributed by atoms with Crippen LogP contribution in [0.1, 0.15) is 20.3 Å². The Labute approximate surface area is 91.8 Å². The van der Waals surface area contributed by atoms with Crippen molar-refractivity contribution in [2.45, 2.75) is 26.3 Å². The Kier molecular flexibility index (Phi) is 3.40. The van der Waals surface area contributed by atoms with Crippen LogP contribution >= 0.6 is 11.8 Å². The van der Waals surface area contributed by atoms with E-state index in [0.717, 1.165) is 6.04 Å². The molecule has 0 amide bonds. The molecule has 0 bridgehead atoms. The van der Waals surface area contributed by atoms with Crippen molar-refractivity contribution in [2.75, 3.05) is 37.7 Å². The second kappa shape index (κ2) is 4.42. The number of piperidine rings is 1. The van der Waals surface area contributed by atoms with Crippen LogP contribution in [0.4, 0.5) is 0 Å². The summed E-state index contributed by atoms with van der Waals surface area (Å²) in [5.74, 6) is 2.67. The molecular formula is C11H22N2S. The fraction of sp³-hybridized carbons (Fsp3) is 1.00. The van der Waals surface area contributed by atoms with Gasteiger partial charge in [-0.3, -0.25) is 4.90 Å². The Balaban J connectivity index is 1.99. The number of nitrogens with one attached hydrogen (secondary N) is 1. The highest BCUT2D eigenvalue weighted by Crippen LogP contribution is 2.31. The Hall–Kier alpha value is 0.270. The summed E-state index contributed by atoms with van der Waals surface area (Å²) in [5, 5.41) is 3.51. The third-order valence-electron chi connectivity index (χ3n) is 3.56. The average Bonchev–Trinajstić information content (AvgIpc) is 2.18. The monoisotopic (exact) mass is 214 g/mol. The standard InChI is InChI=1S/C11H22N2S/c1-11(2)9-12-4-3-10(11)13-5-7-14-8-6-13/h10,12H,3-9H2,1-2H3. The van der Waals surface area contributed by atoms with Crippen LogP contribution in [0.5, 0.6) is 0 Å². The fourth-order valence-electron chi connectivity index (χ4n) is 2.72. The van der Waals surface area contributed by atoms with Crippen LogP contribution in [0.15, 0.2) is 0 Å². The summed E-state index contributed by atoms with van der Waals surface area (Å²) in [7, 11) is 0. The molecule has 2 heterocycles. The summed E-state index contributed by atoms with van der Waals surface area (Å²) in [5.41, 5.74) is 0.459. The van der Waals surface area contributed by atoms with Gasteiger partial charge >= 0.3 is 0 Å². The highest BCUT2D eigenvalue weighted by molar-refractivity contribution is 7.99. The van der Waals surface area contributed by atoms with Crippen LogP contribution in [0.3, 0.4) is 0 Å². The number of thioether (sulfide) groups is 1. The van der Waals surface area contributed by atoms with E-state index in [1.54, 1.807) is 0 Å². The van der Waals surface area contributed by atoms with E-state index in [9.17, 15) is 0 Å². The first-order valence-corrected chi connectivity index (χ1v) is 6.88. The van der Waals surface area contributed by atoms with E-state index in [1.807, 2.05) is 0 Å². The predicted molar refractivity (Wildman–Crippen MR) is 64.0 cm³/mol. The van der Waals surface area contributed by atoms with Gasteiger partial charge in [0.05, 0.1) is 0 Å². The summed E-state index contributed by atoms with van der Waals surface area (Å²) in [6.45, 7) is 9.81. The quantitative estimate of drug-likeness (QED) is 0.711. The van der Waals surface area contributed by atoms with Crippen molar-refractivity contribution in [3.63, 3.8) is 0 Å². The second-order valence-electron chi connectivity index (χ2n) is 5.12. The van der Waals surface area contributed by atoms with Gasteiger partial charge in [-0.25, -0.2) is 0 Å². The number of hydrogen-bond donors (Lipinski definition) is 1. The summed E-state index contributed by atoms with van der Waals surface area (Å²) in [6.07, 6.45) is 1.33. The van der Waals surface area contributed by atoms with Crippen molar-refractivity contribution < 1.29 is 0 Å². The van der Waals surface area contributed by atoms with Crippen molar-refractivity contribution in [3.8, 4) is 0 Å². The first kappa shape index (κ1) is 10.8. The Morgan fingerprint density at radius 2 is 2.00 bits per heavy atom. The summed E-state index contributed by atoms with van der Waals surface area (Å²) < 4.78 is 0. The molecule has 3 heteroatoms. The zero-order valence-corrected chi connectivity index (χ0v) is 10.2. The van der Waals surface area contributed by atoms with E-state index in [4.69, 9.17) is 0 Å². The Morgan fingerprint density at radius 3 is 2.64 bits per heavy atom. The van der Waals surface area contributed by atoms with Gasteiger partial charge in [-0.05, 0) is 18.4 Å². The van der Waals surface area contributed by atoms with Crippen LogP contribution in [-0.2, 0) is 0 Å². The van der Waals surface area contributed by atoms with Gasteiger partial charge in [0.25, 0.3) is 0 Å². The minimum Gasteiger partial charge on any atom is -0.316 e. The molecule has 0 aromatic heterocycles. The predicted octanol–water partition coefficient (Wildman–Crippen LogP) is 1.42. The van der Waals surface area contributed by atoms with E-state index >= 15 is 0 Å². The van der Waals surface area contributed by atoms with Gasteiger partial charge in [0, 0.05) is 37.2 Å². The van der Waals surface area contributed by atoms with Crippen LogP contribution in [-0.4, -0.2) is 48.6 Å². The highest BCUT2D eigenvalue weighted by atomic mass is 32.2. The summed E-state index contributed by atoms with van der Waals surface area (Å²) >= 11 is 2.11. The molecule has 0 aromatic carbocycles. The van der Waals surface area contributed by atoms with Gasteiger partial charge in [-0.1, -0.05) is 13.8 Å². The van der Waals surface area contributed by atoms with Gasteiger partial charge in [0.15, 0.2) is 0 Å². The van der Waals surface area contributed by atoms with Crippen molar-refractivity contribution in [2.24, 2.45) is 5.41 Å². The van der Waals surface area contributed by atoms with Crippen LogP contribution < -0.4 is 5.32 Å². The summed E-state index contributed by atoms with van der Waals surface area (Å²) in [6, 6.07) is 0.810. The van der Waals surface area contributed by atoms with Crippen molar-refractivity contribution in [1.82, 2.24) is 10.2 Å². The SMILES string of the molecule is CC1(C)CNCCC1N1CCSCC1. The molecule has 2 fully saturated rings. The largest absolute Gasteiger partial charge is 0.316 e. The smallest absolute Gasteiger partial charge is 0.0171 e. The van der Waals surface area contributed by atoms with Crippen molar-refractivity contribution in [1.29, 1.82) is 0 Å². The normalized spacial score (nSPS) is 34.3. The van der Waals surface area contributed by atoms with Gasteiger partial charge in [-0.15, -0.1) is 0 Å². The first-order chi connectivity index (χ1) is 6.70. The van der Waals surface area contributed by atoms with Gasteiger partial charge in [0.2, 0.25) is 0 Å². The number of nitrogens with zero attached hydrogens (tertiary/aromatic N) is 1. The molecule has 2 nitrogen and oxygen atoms in total. The van der Waals surface area contributed by atoms with Gasteiger partial charge in [-0.2, -0.15) is 11.8 Å². The van der Waals surface area contributed by atoms with Crippen LogP contribution in [0, 0.1) is 5.41 Å². The molecule has 2 aliphatic rings. The Morgan fingerprint density at radius 1 is 1.29 bits per heavy atom. The lowest BCUT2D eigenvalue weighted by Gasteiger charge is -2.46. The molecular weight excluding hydrogens is 192 g/mol. The lowest BCUT2D eigenvalue weighted by Crippen LogP contribution is -2.56. The van der Waals surface area contributed by atoms with Gasteiger partial charge in [0.1, 0.15) is 0 Å². The topological polar surface area (TPSA) is 15.3 Å². The van der Waals surface area contributed by atoms with E-state index in [0.29, 0.717) is 5.41 Å². The first-order valence-electron chi connectivity index (χ1n) is 5.73. The summed E-state index contributed by atoms with van der Waals surface area (Å²) in [4.78, 5) is 2.72. The number of rotatable bonds is 1. The fourth-order valence-corrected chi connectivity index (χ4v) is 3.66. The van der Waals surface area contributed by atoms with E-state index in [1.165, 1.54) is 44.1 Å². The molecule has 0 saturated carbocycles. The molecule has 1 unspecified atom stereocenters. The third kappa shape index (κ3) is 2.26. The molecule has 0 aromatic rings. The molecule has 0 spiro atoms. The molecule has 2 saturated heterocycles. The Bertz CT molecular complexity index is 188. The maximum Gasteiger partial charge on any atom is 0.0171 e. The average molecular weight is 214 g/mol. The molecule has 1 N–H and O–H groups in total.